The lowest BCUT2D eigenvalue weighted by Crippen LogP contribution is -2.42. The SMILES string of the molecule is Cc1ccnc(C2CN(C(=O)c3ccccc3)CCO2)n1. The molecular weight excluding hydrogens is 266 g/mol. The molecule has 0 aliphatic carbocycles. The molecule has 1 atom stereocenters. The van der Waals surface area contributed by atoms with Gasteiger partial charge in [-0.1, -0.05) is 18.2 Å². The van der Waals surface area contributed by atoms with Crippen molar-refractivity contribution in [1.29, 1.82) is 0 Å². The van der Waals surface area contributed by atoms with Crippen LogP contribution in [0.15, 0.2) is 42.6 Å². The van der Waals surface area contributed by atoms with Crippen LogP contribution < -0.4 is 0 Å². The zero-order valence-electron chi connectivity index (χ0n) is 11.9. The van der Waals surface area contributed by atoms with E-state index in [1.165, 1.54) is 0 Å². The summed E-state index contributed by atoms with van der Waals surface area (Å²) < 4.78 is 5.72. The second-order valence-corrected chi connectivity index (χ2v) is 5.03. The van der Waals surface area contributed by atoms with Gasteiger partial charge in [-0.3, -0.25) is 4.79 Å². The standard InChI is InChI=1S/C16H17N3O2/c1-12-7-8-17-15(18-12)14-11-19(9-10-21-14)16(20)13-5-3-2-4-6-13/h2-8,14H,9-11H2,1H3. The Morgan fingerprint density at radius 1 is 1.29 bits per heavy atom. The smallest absolute Gasteiger partial charge is 0.254 e. The predicted molar refractivity (Wildman–Crippen MR) is 77.8 cm³/mol. The van der Waals surface area contributed by atoms with E-state index in [1.54, 1.807) is 11.1 Å². The van der Waals surface area contributed by atoms with Crippen LogP contribution in [-0.4, -0.2) is 40.5 Å². The van der Waals surface area contributed by atoms with Gasteiger partial charge in [0.15, 0.2) is 5.82 Å². The van der Waals surface area contributed by atoms with Gasteiger partial charge in [-0.05, 0) is 25.1 Å². The number of aromatic nitrogens is 2. The molecule has 1 aliphatic rings. The Kier molecular flexibility index (Phi) is 3.92. The number of hydrogen-bond acceptors (Lipinski definition) is 4. The number of morpholine rings is 1. The lowest BCUT2D eigenvalue weighted by atomic mass is 10.1. The minimum absolute atomic E-state index is 0.0246. The molecular formula is C16H17N3O2. The Hall–Kier alpha value is -2.27. The predicted octanol–water partition coefficient (Wildman–Crippen LogP) is 2.00. The van der Waals surface area contributed by atoms with Gasteiger partial charge in [-0.25, -0.2) is 9.97 Å². The zero-order valence-corrected chi connectivity index (χ0v) is 11.9. The number of carbonyl (C=O) groups excluding carboxylic acids is 1. The first-order valence-electron chi connectivity index (χ1n) is 6.99. The second kappa shape index (κ2) is 6.01. The maximum atomic E-state index is 12.5. The minimum atomic E-state index is -0.258. The van der Waals surface area contributed by atoms with Crippen molar-refractivity contribution < 1.29 is 9.53 Å². The van der Waals surface area contributed by atoms with Crippen LogP contribution in [0.3, 0.4) is 0 Å². The molecule has 0 radical (unpaired) electrons. The average Bonchev–Trinajstić information content (AvgIpc) is 2.55. The molecule has 1 amide bonds. The summed E-state index contributed by atoms with van der Waals surface area (Å²) >= 11 is 0. The highest BCUT2D eigenvalue weighted by molar-refractivity contribution is 5.94. The highest BCUT2D eigenvalue weighted by Gasteiger charge is 2.27. The summed E-state index contributed by atoms with van der Waals surface area (Å²) in [7, 11) is 0. The molecule has 0 spiro atoms. The van der Waals surface area contributed by atoms with E-state index in [-0.39, 0.29) is 12.0 Å². The number of rotatable bonds is 2. The van der Waals surface area contributed by atoms with Crippen LogP contribution in [0.5, 0.6) is 0 Å². The Morgan fingerprint density at radius 2 is 2.10 bits per heavy atom. The number of aryl methyl sites for hydroxylation is 1. The van der Waals surface area contributed by atoms with Crippen LogP contribution in [0.1, 0.15) is 28.0 Å². The third-order valence-electron chi connectivity index (χ3n) is 3.48. The van der Waals surface area contributed by atoms with E-state index >= 15 is 0 Å². The van der Waals surface area contributed by atoms with E-state index in [0.717, 1.165) is 5.69 Å². The molecule has 2 aromatic rings. The number of ether oxygens (including phenoxy) is 1. The molecule has 1 fully saturated rings. The summed E-state index contributed by atoms with van der Waals surface area (Å²) in [6, 6.07) is 11.1. The second-order valence-electron chi connectivity index (χ2n) is 5.03. The lowest BCUT2D eigenvalue weighted by molar-refractivity contribution is -0.0268. The van der Waals surface area contributed by atoms with Gasteiger partial charge in [0.05, 0.1) is 13.2 Å². The molecule has 0 saturated carbocycles. The zero-order chi connectivity index (χ0) is 14.7. The third kappa shape index (κ3) is 3.08. The van der Waals surface area contributed by atoms with Crippen LogP contribution in [0.4, 0.5) is 0 Å². The summed E-state index contributed by atoms with van der Waals surface area (Å²) in [5.74, 6) is 0.664. The van der Waals surface area contributed by atoms with Gasteiger partial charge < -0.3 is 9.64 Å². The average molecular weight is 283 g/mol. The molecule has 1 saturated heterocycles. The first-order chi connectivity index (χ1) is 10.2. The maximum absolute atomic E-state index is 12.5. The van der Waals surface area contributed by atoms with Crippen molar-refractivity contribution in [2.24, 2.45) is 0 Å². The monoisotopic (exact) mass is 283 g/mol. The molecule has 5 heteroatoms. The van der Waals surface area contributed by atoms with E-state index in [4.69, 9.17) is 4.74 Å². The summed E-state index contributed by atoms with van der Waals surface area (Å²) in [4.78, 5) is 22.9. The highest BCUT2D eigenvalue weighted by Crippen LogP contribution is 2.20. The van der Waals surface area contributed by atoms with Crippen LogP contribution in [0, 0.1) is 6.92 Å². The molecule has 5 nitrogen and oxygen atoms in total. The number of benzene rings is 1. The quantitative estimate of drug-likeness (QED) is 0.846. The van der Waals surface area contributed by atoms with Crippen LogP contribution in [0.25, 0.3) is 0 Å². The Bertz CT molecular complexity index is 630. The maximum Gasteiger partial charge on any atom is 0.254 e. The van der Waals surface area contributed by atoms with E-state index in [1.807, 2.05) is 43.3 Å². The Labute approximate surface area is 123 Å². The van der Waals surface area contributed by atoms with Gasteiger partial charge in [0.2, 0.25) is 0 Å². The molecule has 1 unspecified atom stereocenters. The summed E-state index contributed by atoms with van der Waals surface area (Å²) in [5.41, 5.74) is 1.60. The highest BCUT2D eigenvalue weighted by atomic mass is 16.5. The van der Waals surface area contributed by atoms with Crippen molar-refractivity contribution in [3.05, 3.63) is 59.7 Å². The number of amides is 1. The van der Waals surface area contributed by atoms with Crippen molar-refractivity contribution in [2.75, 3.05) is 19.7 Å². The molecule has 0 bridgehead atoms. The van der Waals surface area contributed by atoms with Crippen LogP contribution >= 0.6 is 0 Å². The summed E-state index contributed by atoms with van der Waals surface area (Å²) in [5, 5.41) is 0. The molecule has 0 N–H and O–H groups in total. The number of hydrogen-bond donors (Lipinski definition) is 0. The fourth-order valence-electron chi connectivity index (χ4n) is 2.38. The van der Waals surface area contributed by atoms with E-state index in [9.17, 15) is 4.79 Å². The van der Waals surface area contributed by atoms with Crippen molar-refractivity contribution in [1.82, 2.24) is 14.9 Å². The van der Waals surface area contributed by atoms with Gasteiger partial charge in [0.1, 0.15) is 6.10 Å². The summed E-state index contributed by atoms with van der Waals surface area (Å²) in [6.07, 6.45) is 1.46. The largest absolute Gasteiger partial charge is 0.367 e. The van der Waals surface area contributed by atoms with Crippen molar-refractivity contribution in [2.45, 2.75) is 13.0 Å². The van der Waals surface area contributed by atoms with E-state index in [0.29, 0.717) is 31.1 Å². The lowest BCUT2D eigenvalue weighted by Gasteiger charge is -2.32. The topological polar surface area (TPSA) is 55.3 Å². The fourth-order valence-corrected chi connectivity index (χ4v) is 2.38. The molecule has 1 aliphatic heterocycles. The first-order valence-corrected chi connectivity index (χ1v) is 6.99. The van der Waals surface area contributed by atoms with Crippen molar-refractivity contribution >= 4 is 5.91 Å². The van der Waals surface area contributed by atoms with Gasteiger partial charge in [0, 0.05) is 24.0 Å². The van der Waals surface area contributed by atoms with Crippen LogP contribution in [0.2, 0.25) is 0 Å². The van der Waals surface area contributed by atoms with Gasteiger partial charge in [-0.2, -0.15) is 0 Å². The third-order valence-corrected chi connectivity index (χ3v) is 3.48. The number of nitrogens with zero attached hydrogens (tertiary/aromatic N) is 3. The normalized spacial score (nSPS) is 18.5. The minimum Gasteiger partial charge on any atom is -0.367 e. The van der Waals surface area contributed by atoms with Crippen molar-refractivity contribution in [3.63, 3.8) is 0 Å². The molecule has 2 heterocycles. The molecule has 108 valence electrons. The fraction of sp³-hybridized carbons (Fsp3) is 0.312. The molecule has 1 aromatic heterocycles. The first kappa shape index (κ1) is 13.7. The Balaban J connectivity index is 1.75. The van der Waals surface area contributed by atoms with Gasteiger partial charge >= 0.3 is 0 Å². The van der Waals surface area contributed by atoms with Gasteiger partial charge in [0.25, 0.3) is 5.91 Å². The van der Waals surface area contributed by atoms with E-state index in [2.05, 4.69) is 9.97 Å². The van der Waals surface area contributed by atoms with Gasteiger partial charge in [-0.15, -0.1) is 0 Å². The van der Waals surface area contributed by atoms with Crippen molar-refractivity contribution in [3.8, 4) is 0 Å². The molecule has 21 heavy (non-hydrogen) atoms. The Morgan fingerprint density at radius 3 is 2.86 bits per heavy atom. The molecule has 3 rings (SSSR count). The number of carbonyl (C=O) groups is 1. The van der Waals surface area contributed by atoms with Crippen LogP contribution in [-0.2, 0) is 4.74 Å². The molecule has 1 aromatic carbocycles. The van der Waals surface area contributed by atoms with E-state index < -0.39 is 0 Å². The summed E-state index contributed by atoms with van der Waals surface area (Å²) in [6.45, 7) is 3.49.